The largest absolute Gasteiger partial charge is 0.301 e. The fourth-order valence-corrected chi connectivity index (χ4v) is 6.74. The molecule has 0 amide bonds. The zero-order chi connectivity index (χ0) is 22.1. The van der Waals surface area contributed by atoms with E-state index in [-0.39, 0.29) is 5.56 Å². The summed E-state index contributed by atoms with van der Waals surface area (Å²) in [5.41, 5.74) is 2.43. The lowest BCUT2D eigenvalue weighted by Crippen LogP contribution is -2.51. The van der Waals surface area contributed by atoms with Crippen molar-refractivity contribution in [3.05, 3.63) is 62.0 Å². The molecule has 5 nitrogen and oxygen atoms in total. The van der Waals surface area contributed by atoms with Gasteiger partial charge in [-0.1, -0.05) is 36.7 Å². The Kier molecular flexibility index (Phi) is 6.65. The van der Waals surface area contributed by atoms with Crippen LogP contribution in [0.2, 0.25) is 5.02 Å². The van der Waals surface area contributed by atoms with Crippen LogP contribution in [0.15, 0.2) is 35.4 Å². The van der Waals surface area contributed by atoms with Gasteiger partial charge in [-0.2, -0.15) is 0 Å². The van der Waals surface area contributed by atoms with Crippen LogP contribution in [-0.4, -0.2) is 58.1 Å². The first-order chi connectivity index (χ1) is 15.6. The molecule has 3 heterocycles. The predicted octanol–water partition coefficient (Wildman–Crippen LogP) is 4.24. The highest BCUT2D eigenvalue weighted by atomic mass is 35.5. The molecule has 1 atom stereocenters. The summed E-state index contributed by atoms with van der Waals surface area (Å²) < 4.78 is 1.76. The van der Waals surface area contributed by atoms with E-state index < -0.39 is 0 Å². The zero-order valence-electron chi connectivity index (χ0n) is 18.7. The SMILES string of the molecule is CCCN1CCN([C@@H]2CCc3c(sc4ncn(CCc5ccccc5Cl)c(=O)c34)C2)CC1. The molecule has 2 aliphatic rings. The number of nitrogens with zero attached hydrogens (tertiary/aromatic N) is 4. The number of hydrogen-bond donors (Lipinski definition) is 0. The van der Waals surface area contributed by atoms with Crippen molar-refractivity contribution in [2.75, 3.05) is 32.7 Å². The summed E-state index contributed by atoms with van der Waals surface area (Å²) in [6.07, 6.45) is 6.86. The third-order valence-corrected chi connectivity index (χ3v) is 8.58. The van der Waals surface area contributed by atoms with Gasteiger partial charge in [-0.05, 0) is 55.8 Å². The summed E-state index contributed by atoms with van der Waals surface area (Å²) in [5, 5.41) is 1.61. The number of benzene rings is 1. The average Bonchev–Trinajstić information content (AvgIpc) is 3.19. The Morgan fingerprint density at radius 3 is 2.75 bits per heavy atom. The second kappa shape index (κ2) is 9.64. The molecule has 1 aliphatic heterocycles. The highest BCUT2D eigenvalue weighted by molar-refractivity contribution is 7.18. The van der Waals surface area contributed by atoms with Crippen molar-refractivity contribution in [1.82, 2.24) is 19.4 Å². The van der Waals surface area contributed by atoms with Crippen molar-refractivity contribution < 1.29 is 0 Å². The van der Waals surface area contributed by atoms with Crippen LogP contribution in [0.1, 0.15) is 35.8 Å². The highest BCUT2D eigenvalue weighted by Crippen LogP contribution is 2.35. The molecule has 1 aromatic carbocycles. The number of fused-ring (bicyclic) bond motifs is 3. The molecule has 2 aromatic heterocycles. The van der Waals surface area contributed by atoms with Crippen LogP contribution in [0.4, 0.5) is 0 Å². The molecule has 5 rings (SSSR count). The minimum Gasteiger partial charge on any atom is -0.301 e. The van der Waals surface area contributed by atoms with E-state index in [2.05, 4.69) is 21.7 Å². The van der Waals surface area contributed by atoms with Crippen molar-refractivity contribution in [2.24, 2.45) is 0 Å². The Morgan fingerprint density at radius 2 is 1.97 bits per heavy atom. The molecule has 0 radical (unpaired) electrons. The van der Waals surface area contributed by atoms with Gasteiger partial charge in [0.15, 0.2) is 0 Å². The zero-order valence-corrected chi connectivity index (χ0v) is 20.3. The summed E-state index contributed by atoms with van der Waals surface area (Å²) >= 11 is 8.03. The van der Waals surface area contributed by atoms with Gasteiger partial charge in [0.25, 0.3) is 5.56 Å². The second-order valence-electron chi connectivity index (χ2n) is 9.04. The van der Waals surface area contributed by atoms with Gasteiger partial charge in [0, 0.05) is 48.7 Å². The number of halogens is 1. The van der Waals surface area contributed by atoms with E-state index in [0.29, 0.717) is 12.6 Å². The number of aryl methyl sites for hydroxylation is 3. The predicted molar refractivity (Wildman–Crippen MR) is 133 cm³/mol. The van der Waals surface area contributed by atoms with Gasteiger partial charge >= 0.3 is 0 Å². The molecular formula is C25H31ClN4OS. The Morgan fingerprint density at radius 1 is 1.16 bits per heavy atom. The standard InChI is InChI=1S/C25H31ClN4OS/c1-2-10-28-12-14-29(15-13-28)19-7-8-20-22(16-19)32-24-23(20)25(31)30(17-27-24)11-9-18-5-3-4-6-21(18)26/h3-6,17,19H,2,7-16H2,1H3/t19-/m1/s1. The van der Waals surface area contributed by atoms with Crippen LogP contribution in [0.5, 0.6) is 0 Å². The van der Waals surface area contributed by atoms with Crippen molar-refractivity contribution in [3.63, 3.8) is 0 Å². The van der Waals surface area contributed by atoms with Gasteiger partial charge in [0.05, 0.1) is 11.7 Å². The van der Waals surface area contributed by atoms with E-state index in [0.717, 1.165) is 59.6 Å². The first-order valence-electron chi connectivity index (χ1n) is 11.8. The van der Waals surface area contributed by atoms with Gasteiger partial charge in [0.1, 0.15) is 4.83 Å². The number of thiophene rings is 1. The van der Waals surface area contributed by atoms with Gasteiger partial charge in [0.2, 0.25) is 0 Å². The lowest BCUT2D eigenvalue weighted by atomic mass is 9.91. The number of piperazine rings is 1. The smallest absolute Gasteiger partial charge is 0.262 e. The summed E-state index contributed by atoms with van der Waals surface area (Å²) in [6.45, 7) is 8.77. The molecule has 1 fully saturated rings. The van der Waals surface area contributed by atoms with E-state index in [1.807, 2.05) is 24.3 Å². The molecule has 0 bridgehead atoms. The topological polar surface area (TPSA) is 41.4 Å². The fourth-order valence-electron chi connectivity index (χ4n) is 5.27. The van der Waals surface area contributed by atoms with Crippen LogP contribution in [0, 0.1) is 0 Å². The maximum Gasteiger partial charge on any atom is 0.262 e. The van der Waals surface area contributed by atoms with E-state index in [1.54, 1.807) is 22.2 Å². The summed E-state index contributed by atoms with van der Waals surface area (Å²) in [7, 11) is 0. The summed E-state index contributed by atoms with van der Waals surface area (Å²) in [5.74, 6) is 0. The fraction of sp³-hybridized carbons (Fsp3) is 0.520. The quantitative estimate of drug-likeness (QED) is 0.540. The maximum atomic E-state index is 13.3. The summed E-state index contributed by atoms with van der Waals surface area (Å²) in [6, 6.07) is 8.44. The molecule has 0 saturated carbocycles. The molecule has 0 unspecified atom stereocenters. The van der Waals surface area contributed by atoms with E-state index in [9.17, 15) is 4.79 Å². The van der Waals surface area contributed by atoms with Crippen molar-refractivity contribution >= 4 is 33.2 Å². The van der Waals surface area contributed by atoms with Crippen LogP contribution in [0.3, 0.4) is 0 Å². The molecule has 0 spiro atoms. The van der Waals surface area contributed by atoms with Crippen LogP contribution in [-0.2, 0) is 25.8 Å². The lowest BCUT2D eigenvalue weighted by molar-refractivity contribution is 0.0902. The lowest BCUT2D eigenvalue weighted by Gasteiger charge is -2.40. The molecule has 0 N–H and O–H groups in total. The first-order valence-corrected chi connectivity index (χ1v) is 13.0. The Balaban J connectivity index is 1.32. The first kappa shape index (κ1) is 22.1. The van der Waals surface area contributed by atoms with E-state index in [1.165, 1.54) is 36.5 Å². The van der Waals surface area contributed by atoms with E-state index in [4.69, 9.17) is 11.6 Å². The second-order valence-corrected chi connectivity index (χ2v) is 10.5. The van der Waals surface area contributed by atoms with Gasteiger partial charge in [-0.3, -0.25) is 14.3 Å². The molecule has 170 valence electrons. The van der Waals surface area contributed by atoms with Crippen molar-refractivity contribution in [2.45, 2.75) is 51.6 Å². The van der Waals surface area contributed by atoms with Crippen LogP contribution in [0.25, 0.3) is 10.2 Å². The molecule has 3 aromatic rings. The third-order valence-electron chi connectivity index (χ3n) is 7.05. The summed E-state index contributed by atoms with van der Waals surface area (Å²) in [4.78, 5) is 25.5. The number of rotatable bonds is 6. The monoisotopic (exact) mass is 470 g/mol. The normalized spacial score (nSPS) is 20.0. The Bertz CT molecular complexity index is 1150. The maximum absolute atomic E-state index is 13.3. The molecule has 1 saturated heterocycles. The minimum absolute atomic E-state index is 0.103. The molecule has 32 heavy (non-hydrogen) atoms. The van der Waals surface area contributed by atoms with Gasteiger partial charge in [-0.15, -0.1) is 11.3 Å². The Hall–Kier alpha value is -1.73. The van der Waals surface area contributed by atoms with Gasteiger partial charge < -0.3 is 4.90 Å². The Labute approximate surface area is 198 Å². The van der Waals surface area contributed by atoms with Crippen LogP contribution >= 0.6 is 22.9 Å². The number of hydrogen-bond acceptors (Lipinski definition) is 5. The van der Waals surface area contributed by atoms with Gasteiger partial charge in [-0.25, -0.2) is 4.98 Å². The van der Waals surface area contributed by atoms with E-state index >= 15 is 0 Å². The van der Waals surface area contributed by atoms with Crippen LogP contribution < -0.4 is 5.56 Å². The van der Waals surface area contributed by atoms with Crippen molar-refractivity contribution in [3.8, 4) is 0 Å². The van der Waals surface area contributed by atoms with Crippen molar-refractivity contribution in [1.29, 1.82) is 0 Å². The highest BCUT2D eigenvalue weighted by Gasteiger charge is 2.30. The molecular weight excluding hydrogens is 440 g/mol. The molecule has 1 aliphatic carbocycles. The number of aromatic nitrogens is 2. The third kappa shape index (κ3) is 4.38. The minimum atomic E-state index is 0.103. The average molecular weight is 471 g/mol. The molecule has 7 heteroatoms.